The van der Waals surface area contributed by atoms with Crippen LogP contribution in [0.25, 0.3) is 0 Å². The zero-order valence-corrected chi connectivity index (χ0v) is 7.73. The van der Waals surface area contributed by atoms with Crippen LogP contribution < -0.4 is 0 Å². The van der Waals surface area contributed by atoms with Crippen LogP contribution in [0, 0.1) is 11.8 Å². The number of carbonyl (C=O) groups is 1. The fourth-order valence-corrected chi connectivity index (χ4v) is 0.960. The van der Waals surface area contributed by atoms with Gasteiger partial charge in [0.25, 0.3) is 0 Å². The van der Waals surface area contributed by atoms with Crippen LogP contribution in [0.15, 0.2) is 0 Å². The van der Waals surface area contributed by atoms with Gasteiger partial charge < -0.3 is 5.11 Å². The van der Waals surface area contributed by atoms with Crippen molar-refractivity contribution >= 4 is 23.6 Å². The molecule has 0 saturated heterocycles. The first kappa shape index (κ1) is 10.6. The lowest BCUT2D eigenvalue weighted by Crippen LogP contribution is -2.18. The Kier molecular flexibility index (Phi) is 5.03. The maximum Gasteiger partial charge on any atom is 0.306 e. The summed E-state index contributed by atoms with van der Waals surface area (Å²) in [6.07, 6.45) is 1.70. The quantitative estimate of drug-likeness (QED) is 0.649. The molecule has 0 aromatic carbocycles. The summed E-state index contributed by atoms with van der Waals surface area (Å²) in [6, 6.07) is 0. The Bertz CT molecular complexity index is 145. The van der Waals surface area contributed by atoms with E-state index in [9.17, 15) is 4.79 Å². The van der Waals surface area contributed by atoms with Crippen LogP contribution in [0.3, 0.4) is 0 Å². The molecule has 0 aliphatic carbocycles. The van der Waals surface area contributed by atoms with Gasteiger partial charge in [-0.3, -0.25) is 4.79 Å². The first-order valence-electron chi connectivity index (χ1n) is 3.76. The molecule has 0 amide bonds. The van der Waals surface area contributed by atoms with Crippen LogP contribution in [0.4, 0.5) is 0 Å². The highest BCUT2D eigenvalue weighted by Crippen LogP contribution is 2.16. The summed E-state index contributed by atoms with van der Waals surface area (Å²) >= 11 is 4.65. The van der Waals surface area contributed by atoms with E-state index >= 15 is 0 Å². The number of aliphatic carboxylic acids is 1. The smallest absolute Gasteiger partial charge is 0.306 e. The van der Waals surface area contributed by atoms with Crippen LogP contribution in [-0.4, -0.2) is 16.4 Å². The van der Waals surface area contributed by atoms with E-state index in [0.717, 1.165) is 12.8 Å². The second-order valence-electron chi connectivity index (χ2n) is 2.85. The van der Waals surface area contributed by atoms with Gasteiger partial charge in [0.05, 0.1) is 5.92 Å². The van der Waals surface area contributed by atoms with Gasteiger partial charge in [0, 0.05) is 0 Å². The first-order chi connectivity index (χ1) is 5.09. The van der Waals surface area contributed by atoms with E-state index in [0.29, 0.717) is 0 Å². The van der Waals surface area contributed by atoms with Gasteiger partial charge in [0.1, 0.15) is 0 Å². The number of hydrogen-bond acceptors (Lipinski definition) is 2. The van der Waals surface area contributed by atoms with Gasteiger partial charge in [0.15, 0.2) is 0 Å². The van der Waals surface area contributed by atoms with Crippen molar-refractivity contribution in [2.75, 3.05) is 0 Å². The molecule has 2 atom stereocenters. The predicted octanol–water partition coefficient (Wildman–Crippen LogP) is 2.12. The Morgan fingerprint density at radius 2 is 2.18 bits per heavy atom. The largest absolute Gasteiger partial charge is 0.481 e. The zero-order valence-electron chi connectivity index (χ0n) is 6.91. The lowest BCUT2D eigenvalue weighted by Gasteiger charge is -2.13. The lowest BCUT2D eigenvalue weighted by atomic mass is 9.92. The van der Waals surface area contributed by atoms with Crippen LogP contribution in [-0.2, 0) is 4.79 Å². The molecule has 0 aromatic heterocycles. The van der Waals surface area contributed by atoms with Gasteiger partial charge >= 0.3 is 5.97 Å². The molecule has 2 unspecified atom stereocenters. The Labute approximate surface area is 72.6 Å². The lowest BCUT2D eigenvalue weighted by molar-refractivity contribution is -0.142. The van der Waals surface area contributed by atoms with Crippen molar-refractivity contribution in [3.63, 3.8) is 0 Å². The van der Waals surface area contributed by atoms with Crippen molar-refractivity contribution in [1.82, 2.24) is 0 Å². The Hall–Kier alpha value is -0.440. The Morgan fingerprint density at radius 1 is 1.64 bits per heavy atom. The molecule has 11 heavy (non-hydrogen) atoms. The number of carboxylic acids is 1. The molecule has 0 saturated carbocycles. The van der Waals surface area contributed by atoms with E-state index in [2.05, 4.69) is 12.2 Å². The van der Waals surface area contributed by atoms with Crippen LogP contribution in [0.5, 0.6) is 0 Å². The van der Waals surface area contributed by atoms with E-state index in [1.165, 1.54) is 0 Å². The van der Waals surface area contributed by atoms with E-state index in [4.69, 9.17) is 5.11 Å². The molecule has 0 spiro atoms. The van der Waals surface area contributed by atoms with Gasteiger partial charge in [-0.25, -0.2) is 0 Å². The first-order valence-corrected chi connectivity index (χ1v) is 4.23. The SMILES string of the molecule is CC(CCC=S)C(C)C(=O)O. The zero-order chi connectivity index (χ0) is 8.85. The van der Waals surface area contributed by atoms with Gasteiger partial charge in [-0.05, 0) is 24.1 Å². The van der Waals surface area contributed by atoms with Crippen molar-refractivity contribution in [1.29, 1.82) is 0 Å². The summed E-state index contributed by atoms with van der Waals surface area (Å²) in [5.41, 5.74) is 0. The third-order valence-electron chi connectivity index (χ3n) is 1.98. The second-order valence-corrected chi connectivity index (χ2v) is 3.18. The Balaban J connectivity index is 3.72. The molecule has 0 aromatic rings. The summed E-state index contributed by atoms with van der Waals surface area (Å²) in [6.45, 7) is 3.67. The maximum absolute atomic E-state index is 10.5. The standard InChI is InChI=1S/C8H14O2S/c1-6(4-3-5-11)7(2)8(9)10/h5-7H,3-4H2,1-2H3,(H,9,10). The predicted molar refractivity (Wildman–Crippen MR) is 48.9 cm³/mol. The minimum Gasteiger partial charge on any atom is -0.481 e. The number of carboxylic acid groups (broad SMARTS) is 1. The van der Waals surface area contributed by atoms with Crippen molar-refractivity contribution < 1.29 is 9.90 Å². The molecule has 0 bridgehead atoms. The summed E-state index contributed by atoms with van der Waals surface area (Å²) in [7, 11) is 0. The molecular formula is C8H14O2S. The molecule has 1 N–H and O–H groups in total. The van der Waals surface area contributed by atoms with Gasteiger partial charge in [-0.1, -0.05) is 26.1 Å². The fraction of sp³-hybridized carbons (Fsp3) is 0.750. The second kappa shape index (κ2) is 5.24. The van der Waals surface area contributed by atoms with E-state index in [1.807, 2.05) is 6.92 Å². The molecule has 0 fully saturated rings. The number of hydrogen-bond donors (Lipinski definition) is 1. The summed E-state index contributed by atoms with van der Waals surface area (Å²) in [5.74, 6) is -0.765. The monoisotopic (exact) mass is 174 g/mol. The number of thiocarbonyl (C=S) groups is 1. The molecule has 0 aliphatic rings. The summed E-state index contributed by atoms with van der Waals surface area (Å²) in [5, 5.41) is 10.3. The average molecular weight is 174 g/mol. The minimum absolute atomic E-state index is 0.215. The van der Waals surface area contributed by atoms with Gasteiger partial charge in [0.2, 0.25) is 0 Å². The summed E-state index contributed by atoms with van der Waals surface area (Å²) in [4.78, 5) is 10.5. The minimum atomic E-state index is -0.720. The molecule has 0 aliphatic heterocycles. The normalized spacial score (nSPS) is 15.5. The molecule has 3 heteroatoms. The molecule has 2 nitrogen and oxygen atoms in total. The highest BCUT2D eigenvalue weighted by Gasteiger charge is 2.17. The maximum atomic E-state index is 10.5. The van der Waals surface area contributed by atoms with E-state index < -0.39 is 5.97 Å². The summed E-state index contributed by atoms with van der Waals surface area (Å²) < 4.78 is 0. The highest BCUT2D eigenvalue weighted by molar-refractivity contribution is 7.78. The molecular weight excluding hydrogens is 160 g/mol. The van der Waals surface area contributed by atoms with Crippen molar-refractivity contribution in [3.05, 3.63) is 0 Å². The van der Waals surface area contributed by atoms with Crippen LogP contribution in [0.1, 0.15) is 26.7 Å². The fourth-order valence-electron chi connectivity index (χ4n) is 0.824. The third kappa shape index (κ3) is 4.09. The topological polar surface area (TPSA) is 37.3 Å². The highest BCUT2D eigenvalue weighted by atomic mass is 32.1. The van der Waals surface area contributed by atoms with Crippen molar-refractivity contribution in [2.24, 2.45) is 11.8 Å². The van der Waals surface area contributed by atoms with Crippen LogP contribution >= 0.6 is 12.2 Å². The molecule has 0 radical (unpaired) electrons. The molecule has 0 rings (SSSR count). The van der Waals surface area contributed by atoms with Crippen molar-refractivity contribution in [3.8, 4) is 0 Å². The van der Waals surface area contributed by atoms with Crippen molar-refractivity contribution in [2.45, 2.75) is 26.7 Å². The van der Waals surface area contributed by atoms with E-state index in [1.54, 1.807) is 12.3 Å². The molecule has 64 valence electrons. The third-order valence-corrected chi connectivity index (χ3v) is 2.22. The van der Waals surface area contributed by atoms with Gasteiger partial charge in [-0.2, -0.15) is 0 Å². The Morgan fingerprint density at radius 3 is 2.55 bits per heavy atom. The van der Waals surface area contributed by atoms with Gasteiger partial charge in [-0.15, -0.1) is 0 Å². The molecule has 0 heterocycles. The number of rotatable bonds is 5. The van der Waals surface area contributed by atoms with Crippen LogP contribution in [0.2, 0.25) is 0 Å². The van der Waals surface area contributed by atoms with E-state index in [-0.39, 0.29) is 11.8 Å². The average Bonchev–Trinajstić information content (AvgIpc) is 1.98.